The molecule has 134 valence electrons. The van der Waals surface area contributed by atoms with Crippen LogP contribution in [0, 0.1) is 0 Å². The molecule has 0 fully saturated rings. The van der Waals surface area contributed by atoms with Crippen molar-refractivity contribution in [1.82, 2.24) is 0 Å². The average molecular weight is 474 g/mol. The fraction of sp³-hybridized carbons (Fsp3) is 0.273. The van der Waals surface area contributed by atoms with E-state index in [1.165, 1.54) is 25.8 Å². The summed E-state index contributed by atoms with van der Waals surface area (Å²) in [6, 6.07) is 18.3. The topological polar surface area (TPSA) is 6.48 Å². The third kappa shape index (κ3) is 3.40. The molecule has 0 saturated heterocycles. The van der Waals surface area contributed by atoms with Crippen LogP contribution in [0.25, 0.3) is 0 Å². The zero-order valence-corrected chi connectivity index (χ0v) is 18.7. The maximum absolute atomic E-state index is 2.56. The van der Waals surface area contributed by atoms with Gasteiger partial charge >= 0.3 is 170 Å². The van der Waals surface area contributed by atoms with Gasteiger partial charge in [-0.05, 0) is 0 Å². The van der Waals surface area contributed by atoms with Crippen LogP contribution in [0.5, 0.6) is 0 Å². The van der Waals surface area contributed by atoms with Gasteiger partial charge in [0, 0.05) is 0 Å². The first-order valence-corrected chi connectivity index (χ1v) is 13.0. The third-order valence-corrected chi connectivity index (χ3v) is 9.67. The van der Waals surface area contributed by atoms with Crippen molar-refractivity contribution in [3.05, 3.63) is 71.4 Å². The predicted octanol–water partition coefficient (Wildman–Crippen LogP) is 2.91. The Morgan fingerprint density at radius 2 is 1.69 bits per heavy atom. The van der Waals surface area contributed by atoms with Crippen LogP contribution in [0.3, 0.4) is 0 Å². The first-order chi connectivity index (χ1) is 12.8. The molecule has 2 aliphatic rings. The van der Waals surface area contributed by atoms with Gasteiger partial charge in [0.2, 0.25) is 0 Å². The van der Waals surface area contributed by atoms with Crippen LogP contribution < -0.4 is 18.7 Å². The van der Waals surface area contributed by atoms with Crippen LogP contribution in [-0.4, -0.2) is 49.0 Å². The van der Waals surface area contributed by atoms with E-state index in [4.69, 9.17) is 0 Å². The summed E-state index contributed by atoms with van der Waals surface area (Å²) < 4.78 is 4.53. The zero-order chi connectivity index (χ0) is 17.9. The molecule has 0 radical (unpaired) electrons. The molecule has 2 aliphatic heterocycles. The van der Waals surface area contributed by atoms with Crippen molar-refractivity contribution in [3.8, 4) is 0 Å². The minimum atomic E-state index is 0.421. The fourth-order valence-electron chi connectivity index (χ4n) is 3.59. The molecule has 0 bridgehead atoms. The van der Waals surface area contributed by atoms with Gasteiger partial charge in [0.05, 0.1) is 0 Å². The normalized spacial score (nSPS) is 20.7. The summed E-state index contributed by atoms with van der Waals surface area (Å²) in [6.07, 6.45) is 7.08. The molecule has 0 N–H and O–H groups in total. The van der Waals surface area contributed by atoms with Crippen molar-refractivity contribution in [2.24, 2.45) is 0 Å². The first-order valence-electron chi connectivity index (χ1n) is 9.23. The van der Waals surface area contributed by atoms with E-state index in [2.05, 4.69) is 90.4 Å². The maximum atomic E-state index is 2.56. The predicted molar refractivity (Wildman–Crippen MR) is 116 cm³/mol. The second-order valence-electron chi connectivity index (χ2n) is 6.34. The number of para-hydroxylation sites is 2. The molecule has 1 unspecified atom stereocenters. The number of rotatable bonds is 4. The second-order valence-corrected chi connectivity index (χ2v) is 10.8. The molecular weight excluding hydrogens is 450 g/mol. The number of hydrogen-bond donors (Lipinski definition) is 0. The van der Waals surface area contributed by atoms with E-state index in [1.807, 2.05) is 0 Å². The molecule has 1 atom stereocenters. The number of fused-ring (bicyclic) bond motifs is 2. The number of hydrogen-bond acceptors (Lipinski definition) is 2. The van der Waals surface area contributed by atoms with E-state index in [0.717, 1.165) is 13.1 Å². The van der Waals surface area contributed by atoms with Crippen LogP contribution in [0.2, 0.25) is 5.32 Å². The average Bonchev–Trinajstić information content (AvgIpc) is 3.05. The summed E-state index contributed by atoms with van der Waals surface area (Å²) in [6.45, 7) is 6.62. The van der Waals surface area contributed by atoms with E-state index in [9.17, 15) is 0 Å². The summed E-state index contributed by atoms with van der Waals surface area (Å²) in [4.78, 5) is 5.03. The third-order valence-electron chi connectivity index (χ3n) is 4.85. The molecule has 0 amide bonds. The van der Waals surface area contributed by atoms with Crippen LogP contribution in [0.15, 0.2) is 71.4 Å². The van der Waals surface area contributed by atoms with Crippen molar-refractivity contribution >= 4 is 50.2 Å². The van der Waals surface area contributed by atoms with Crippen molar-refractivity contribution in [2.45, 2.75) is 25.2 Å². The van der Waals surface area contributed by atoms with E-state index in [-0.39, 0.29) is 0 Å². The monoisotopic (exact) mass is 476 g/mol. The number of likely N-dealkylation sites (N-methyl/N-ethyl adjacent to an activating group) is 1. The van der Waals surface area contributed by atoms with Gasteiger partial charge < -0.3 is 0 Å². The van der Waals surface area contributed by atoms with Crippen LogP contribution in [0.4, 0.5) is 11.4 Å². The summed E-state index contributed by atoms with van der Waals surface area (Å²) in [7, 11) is 0. The van der Waals surface area contributed by atoms with E-state index in [0.29, 0.717) is 36.0 Å². The van der Waals surface area contributed by atoms with Gasteiger partial charge in [-0.1, -0.05) is 0 Å². The molecule has 2 aromatic rings. The van der Waals surface area contributed by atoms with Gasteiger partial charge in [-0.3, -0.25) is 0 Å². The Bertz CT molecular complexity index is 844. The van der Waals surface area contributed by atoms with Crippen molar-refractivity contribution in [1.29, 1.82) is 0 Å². The van der Waals surface area contributed by atoms with Gasteiger partial charge in [0.1, 0.15) is 0 Å². The minimum absolute atomic E-state index is 0.421. The van der Waals surface area contributed by atoms with Crippen LogP contribution >= 0.6 is 0 Å². The number of nitrogens with zero attached hydrogens (tertiary/aromatic N) is 2. The molecule has 4 rings (SSSR count). The SMILES string of the molecule is CCN1C(=CC=CC2C[Se]c3ccccc3N2CC)[Se]c2ccccc21. The van der Waals surface area contributed by atoms with Gasteiger partial charge in [-0.2, -0.15) is 0 Å². The van der Waals surface area contributed by atoms with Crippen molar-refractivity contribution in [3.63, 3.8) is 0 Å². The first kappa shape index (κ1) is 17.9. The van der Waals surface area contributed by atoms with Gasteiger partial charge in [0.15, 0.2) is 0 Å². The van der Waals surface area contributed by atoms with Gasteiger partial charge in [-0.15, -0.1) is 0 Å². The quantitative estimate of drug-likeness (QED) is 0.630. The molecule has 2 aromatic carbocycles. The fourth-order valence-corrected chi connectivity index (χ4v) is 8.39. The Kier molecular flexibility index (Phi) is 5.57. The molecule has 4 heteroatoms. The van der Waals surface area contributed by atoms with Crippen LogP contribution in [-0.2, 0) is 0 Å². The Morgan fingerprint density at radius 3 is 2.46 bits per heavy atom. The molecule has 2 heterocycles. The Labute approximate surface area is 169 Å². The second kappa shape index (κ2) is 8.06. The molecule has 2 nitrogen and oxygen atoms in total. The summed E-state index contributed by atoms with van der Waals surface area (Å²) in [5.74, 6) is 0. The number of benzene rings is 2. The molecule has 0 aliphatic carbocycles. The Hall–Kier alpha value is -1.44. The summed E-state index contributed by atoms with van der Waals surface area (Å²) in [5.41, 5.74) is 2.84. The van der Waals surface area contributed by atoms with Crippen molar-refractivity contribution < 1.29 is 0 Å². The van der Waals surface area contributed by atoms with Crippen molar-refractivity contribution in [2.75, 3.05) is 22.9 Å². The van der Waals surface area contributed by atoms with E-state index >= 15 is 0 Å². The number of anilines is 2. The van der Waals surface area contributed by atoms with Gasteiger partial charge in [0.25, 0.3) is 0 Å². The Balaban J connectivity index is 1.53. The van der Waals surface area contributed by atoms with E-state index in [1.54, 1.807) is 4.46 Å². The standard InChI is InChI=1S/C22H24N2Se2/c1-3-23-17(16-25-20-13-7-5-11-18(20)23)10-9-15-22-24(4-2)19-12-6-8-14-21(19)26-22/h5-15,17H,3-4,16H2,1-2H3. The number of allylic oxidation sites excluding steroid dienone is 2. The van der Waals surface area contributed by atoms with Crippen LogP contribution in [0.1, 0.15) is 13.8 Å². The van der Waals surface area contributed by atoms with Gasteiger partial charge in [-0.25, -0.2) is 0 Å². The van der Waals surface area contributed by atoms with E-state index < -0.39 is 0 Å². The zero-order valence-electron chi connectivity index (χ0n) is 15.3. The Morgan fingerprint density at radius 1 is 0.962 bits per heavy atom. The molecular formula is C22H24N2Se2. The summed E-state index contributed by atoms with van der Waals surface area (Å²) >= 11 is 0.998. The molecule has 0 saturated carbocycles. The molecule has 26 heavy (non-hydrogen) atoms. The molecule has 0 aromatic heterocycles. The molecule has 0 spiro atoms. The summed E-state index contributed by atoms with van der Waals surface area (Å²) in [5, 5.41) is 1.26.